The number of rotatable bonds is 2. The number of fused-ring (bicyclic) bond motifs is 3. The number of pyridine rings is 1. The summed E-state index contributed by atoms with van der Waals surface area (Å²) in [5.74, 6) is 1.15. The van der Waals surface area contributed by atoms with Crippen LogP contribution in [-0.4, -0.2) is 42.6 Å². The third-order valence-corrected chi connectivity index (χ3v) is 5.50. The minimum absolute atomic E-state index is 0.0463. The molecule has 26 heavy (non-hydrogen) atoms. The second kappa shape index (κ2) is 5.79. The van der Waals surface area contributed by atoms with Gasteiger partial charge >= 0.3 is 6.03 Å². The van der Waals surface area contributed by atoms with E-state index < -0.39 is 0 Å². The van der Waals surface area contributed by atoms with Crippen LogP contribution in [0.5, 0.6) is 0 Å². The summed E-state index contributed by atoms with van der Waals surface area (Å²) in [5.41, 5.74) is 2.78. The largest absolute Gasteiger partial charge is 0.323 e. The summed E-state index contributed by atoms with van der Waals surface area (Å²) in [7, 11) is 0. The Kier molecular flexibility index (Phi) is 3.41. The van der Waals surface area contributed by atoms with Crippen LogP contribution in [-0.2, 0) is 0 Å². The van der Waals surface area contributed by atoms with Crippen LogP contribution in [0.3, 0.4) is 0 Å². The molecule has 2 atom stereocenters. The van der Waals surface area contributed by atoms with Crippen molar-refractivity contribution in [3.8, 4) is 11.4 Å². The number of carbonyl (C=O) groups is 1. The minimum Gasteiger partial charge on any atom is -0.318 e. The van der Waals surface area contributed by atoms with Gasteiger partial charge in [0.05, 0.1) is 11.7 Å². The number of aryl methyl sites for hydroxylation is 1. The third kappa shape index (κ3) is 2.42. The second-order valence-corrected chi connectivity index (χ2v) is 7.16. The number of carbonyl (C=O) groups excluding carboxylic acids is 1. The van der Waals surface area contributed by atoms with Crippen molar-refractivity contribution in [2.24, 2.45) is 0 Å². The number of hydrogen-bond donors (Lipinski definition) is 1. The summed E-state index contributed by atoms with van der Waals surface area (Å²) in [6.07, 6.45) is 10.0. The Balaban J connectivity index is 1.42. The van der Waals surface area contributed by atoms with Crippen LogP contribution < -0.4 is 5.32 Å². The van der Waals surface area contributed by atoms with E-state index in [9.17, 15) is 4.79 Å². The maximum Gasteiger partial charge on any atom is 0.323 e. The summed E-state index contributed by atoms with van der Waals surface area (Å²) in [6.45, 7) is 1.97. The van der Waals surface area contributed by atoms with E-state index in [1.165, 1.54) is 6.42 Å². The van der Waals surface area contributed by atoms with Gasteiger partial charge < -0.3 is 4.90 Å². The standard InChI is InChI=1S/C19H20N6O/c1-12-10-20-17(22-19(26)25-13-4-2-5-14(25)8-13)9-16(12)18-21-11-15-6-3-7-24(15)23-18/h3,6-7,9-11,13-14H,2,4-5,8H2,1H3,(H,20,22,26). The lowest BCUT2D eigenvalue weighted by Crippen LogP contribution is -2.62. The van der Waals surface area contributed by atoms with Gasteiger partial charge in [-0.2, -0.15) is 0 Å². The van der Waals surface area contributed by atoms with Crippen LogP contribution in [0.4, 0.5) is 10.6 Å². The van der Waals surface area contributed by atoms with Gasteiger partial charge in [0.2, 0.25) is 0 Å². The van der Waals surface area contributed by atoms with Crippen molar-refractivity contribution in [1.82, 2.24) is 24.5 Å². The number of hydrogen-bond acceptors (Lipinski definition) is 4. The number of nitrogens with one attached hydrogen (secondary N) is 1. The third-order valence-electron chi connectivity index (χ3n) is 5.50. The number of piperidine rings is 1. The van der Waals surface area contributed by atoms with Gasteiger partial charge in [-0.3, -0.25) is 5.32 Å². The Bertz CT molecular complexity index is 983. The molecule has 2 aliphatic rings. The van der Waals surface area contributed by atoms with E-state index in [4.69, 9.17) is 0 Å². The molecule has 0 radical (unpaired) electrons. The van der Waals surface area contributed by atoms with Crippen LogP contribution in [0.1, 0.15) is 31.2 Å². The van der Waals surface area contributed by atoms with Gasteiger partial charge in [0.25, 0.3) is 0 Å². The zero-order valence-corrected chi connectivity index (χ0v) is 14.6. The van der Waals surface area contributed by atoms with E-state index in [1.807, 2.05) is 36.2 Å². The monoisotopic (exact) mass is 348 g/mol. The molecule has 7 heteroatoms. The summed E-state index contributed by atoms with van der Waals surface area (Å²) in [4.78, 5) is 23.4. The Morgan fingerprint density at radius 1 is 1.23 bits per heavy atom. The molecule has 2 saturated heterocycles. The predicted octanol–water partition coefficient (Wildman–Crippen LogP) is 3.26. The first-order chi connectivity index (χ1) is 12.7. The lowest BCUT2D eigenvalue weighted by molar-refractivity contribution is 0.0173. The number of amides is 2. The summed E-state index contributed by atoms with van der Waals surface area (Å²) >= 11 is 0. The molecule has 2 bridgehead atoms. The lowest BCUT2D eigenvalue weighted by atomic mass is 9.80. The fourth-order valence-corrected chi connectivity index (χ4v) is 4.10. The molecule has 2 amide bonds. The Morgan fingerprint density at radius 3 is 2.88 bits per heavy atom. The molecule has 7 nitrogen and oxygen atoms in total. The Hall–Kier alpha value is -2.96. The Morgan fingerprint density at radius 2 is 2.08 bits per heavy atom. The predicted molar refractivity (Wildman–Crippen MR) is 97.9 cm³/mol. The highest BCUT2D eigenvalue weighted by Crippen LogP contribution is 2.38. The molecule has 0 saturated carbocycles. The first-order valence-corrected chi connectivity index (χ1v) is 9.06. The van der Waals surface area contributed by atoms with Gasteiger partial charge in [-0.15, -0.1) is 5.10 Å². The quantitative estimate of drug-likeness (QED) is 0.771. The molecule has 5 rings (SSSR count). The van der Waals surface area contributed by atoms with Crippen molar-refractivity contribution in [2.75, 3.05) is 5.32 Å². The summed E-state index contributed by atoms with van der Waals surface area (Å²) in [5, 5.41) is 7.51. The van der Waals surface area contributed by atoms with Crippen LogP contribution in [0.25, 0.3) is 16.9 Å². The average molecular weight is 348 g/mol. The van der Waals surface area contributed by atoms with E-state index in [2.05, 4.69) is 20.4 Å². The number of aromatic nitrogens is 4. The van der Waals surface area contributed by atoms with E-state index in [0.717, 1.165) is 35.9 Å². The molecule has 0 aliphatic carbocycles. The molecular formula is C19H20N6O. The molecule has 132 valence electrons. The van der Waals surface area contributed by atoms with Crippen molar-refractivity contribution in [2.45, 2.75) is 44.7 Å². The van der Waals surface area contributed by atoms with Crippen molar-refractivity contribution in [1.29, 1.82) is 0 Å². The lowest BCUT2D eigenvalue weighted by Gasteiger charge is -2.52. The zero-order valence-electron chi connectivity index (χ0n) is 14.6. The van der Waals surface area contributed by atoms with E-state index in [0.29, 0.717) is 23.7 Å². The summed E-state index contributed by atoms with van der Waals surface area (Å²) < 4.78 is 1.79. The molecule has 2 unspecified atom stereocenters. The van der Waals surface area contributed by atoms with Crippen molar-refractivity contribution < 1.29 is 4.79 Å². The number of anilines is 1. The molecular weight excluding hydrogens is 328 g/mol. The number of urea groups is 1. The van der Waals surface area contributed by atoms with Gasteiger partial charge in [0.1, 0.15) is 5.82 Å². The van der Waals surface area contributed by atoms with Crippen molar-refractivity contribution in [3.05, 3.63) is 42.4 Å². The fraction of sp³-hybridized carbons (Fsp3) is 0.368. The van der Waals surface area contributed by atoms with Crippen LogP contribution in [0, 0.1) is 6.92 Å². The molecule has 3 aromatic rings. The average Bonchev–Trinajstić information content (AvgIpc) is 3.11. The van der Waals surface area contributed by atoms with E-state index in [1.54, 1.807) is 16.9 Å². The van der Waals surface area contributed by atoms with Crippen LogP contribution in [0.2, 0.25) is 0 Å². The van der Waals surface area contributed by atoms with Gasteiger partial charge in [-0.25, -0.2) is 19.3 Å². The second-order valence-electron chi connectivity index (χ2n) is 7.16. The first kappa shape index (κ1) is 15.3. The van der Waals surface area contributed by atoms with Crippen molar-refractivity contribution in [3.63, 3.8) is 0 Å². The van der Waals surface area contributed by atoms with Gasteiger partial charge in [0, 0.05) is 30.0 Å². The number of nitrogens with zero attached hydrogens (tertiary/aromatic N) is 5. The topological polar surface area (TPSA) is 75.4 Å². The van der Waals surface area contributed by atoms with Crippen LogP contribution in [0.15, 0.2) is 36.8 Å². The minimum atomic E-state index is -0.0463. The normalized spacial score (nSPS) is 21.5. The highest BCUT2D eigenvalue weighted by atomic mass is 16.2. The zero-order chi connectivity index (χ0) is 17.7. The maximum atomic E-state index is 12.6. The van der Waals surface area contributed by atoms with Gasteiger partial charge in [-0.05, 0) is 56.4 Å². The molecule has 3 aromatic heterocycles. The SMILES string of the molecule is Cc1cnc(NC(=O)N2C3CCCC2C3)cc1-c1ncc2cccn2n1. The highest BCUT2D eigenvalue weighted by molar-refractivity contribution is 5.90. The van der Waals surface area contributed by atoms with Crippen LogP contribution >= 0.6 is 0 Å². The molecule has 1 N–H and O–H groups in total. The smallest absolute Gasteiger partial charge is 0.318 e. The molecule has 5 heterocycles. The van der Waals surface area contributed by atoms with Gasteiger partial charge in [0.15, 0.2) is 5.82 Å². The first-order valence-electron chi connectivity index (χ1n) is 9.06. The van der Waals surface area contributed by atoms with Crippen molar-refractivity contribution >= 4 is 17.4 Å². The maximum absolute atomic E-state index is 12.6. The fourth-order valence-electron chi connectivity index (χ4n) is 4.10. The van der Waals surface area contributed by atoms with Gasteiger partial charge in [-0.1, -0.05) is 0 Å². The summed E-state index contributed by atoms with van der Waals surface area (Å²) in [6, 6.07) is 6.50. The molecule has 2 fully saturated rings. The highest BCUT2D eigenvalue weighted by Gasteiger charge is 2.44. The molecule has 0 spiro atoms. The Labute approximate surface area is 151 Å². The van der Waals surface area contributed by atoms with E-state index in [-0.39, 0.29) is 6.03 Å². The van der Waals surface area contributed by atoms with E-state index >= 15 is 0 Å². The molecule has 2 aliphatic heterocycles. The molecule has 0 aromatic carbocycles.